The Balaban J connectivity index is 1.61. The van der Waals surface area contributed by atoms with Gasteiger partial charge in [0.15, 0.2) is 11.5 Å². The lowest BCUT2D eigenvalue weighted by Crippen LogP contribution is -2.13. The van der Waals surface area contributed by atoms with Gasteiger partial charge in [0.1, 0.15) is 6.29 Å². The molecule has 0 amide bonds. The normalized spacial score (nSPS) is 12.4. The molecule has 0 saturated heterocycles. The van der Waals surface area contributed by atoms with Crippen molar-refractivity contribution in [2.45, 2.75) is 13.1 Å². The number of rotatable bonds is 5. The van der Waals surface area contributed by atoms with Gasteiger partial charge in [0.05, 0.1) is 0 Å². The van der Waals surface area contributed by atoms with Crippen LogP contribution in [0.5, 0.6) is 11.5 Å². The Kier molecular flexibility index (Phi) is 3.65. The van der Waals surface area contributed by atoms with Gasteiger partial charge in [-0.15, -0.1) is 0 Å². The fraction of sp³-hybridized carbons (Fsp3) is 0.188. The molecular weight excluding hydrogens is 254 g/mol. The molecule has 2 aromatic rings. The zero-order valence-electron chi connectivity index (χ0n) is 11.0. The number of carbonyl (C=O) groups is 1. The number of hydrogen-bond donors (Lipinski definition) is 1. The Bertz CT molecular complexity index is 625. The van der Waals surface area contributed by atoms with E-state index in [9.17, 15) is 4.79 Å². The Morgan fingerprint density at radius 2 is 1.90 bits per heavy atom. The van der Waals surface area contributed by atoms with Crippen molar-refractivity contribution in [3.05, 3.63) is 59.2 Å². The van der Waals surface area contributed by atoms with E-state index >= 15 is 0 Å². The lowest BCUT2D eigenvalue weighted by Gasteiger charge is -2.07. The average Bonchev–Trinajstić information content (AvgIpc) is 2.95. The van der Waals surface area contributed by atoms with Crippen molar-refractivity contribution in [1.82, 2.24) is 5.32 Å². The number of benzene rings is 2. The summed E-state index contributed by atoms with van der Waals surface area (Å²) in [6.45, 7) is 1.66. The molecule has 0 aromatic heterocycles. The minimum Gasteiger partial charge on any atom is -0.454 e. The maximum atomic E-state index is 10.9. The molecule has 0 aliphatic carbocycles. The fourth-order valence-electron chi connectivity index (χ4n) is 2.20. The highest BCUT2D eigenvalue weighted by atomic mass is 16.7. The van der Waals surface area contributed by atoms with Crippen LogP contribution in [0.1, 0.15) is 21.5 Å². The van der Waals surface area contributed by atoms with Crippen LogP contribution in [0.25, 0.3) is 0 Å². The zero-order valence-corrected chi connectivity index (χ0v) is 11.0. The second-order valence-electron chi connectivity index (χ2n) is 4.61. The first-order valence-corrected chi connectivity index (χ1v) is 6.49. The fourth-order valence-corrected chi connectivity index (χ4v) is 2.20. The SMILES string of the molecule is O=Cc1ccccc1CNCc1ccc2c(c1)OCO2. The van der Waals surface area contributed by atoms with Crippen molar-refractivity contribution < 1.29 is 14.3 Å². The van der Waals surface area contributed by atoms with Crippen molar-refractivity contribution in [1.29, 1.82) is 0 Å². The molecule has 0 spiro atoms. The number of carbonyl (C=O) groups excluding carboxylic acids is 1. The van der Waals surface area contributed by atoms with E-state index in [1.807, 2.05) is 42.5 Å². The molecule has 0 unspecified atom stereocenters. The lowest BCUT2D eigenvalue weighted by molar-refractivity contribution is 0.112. The zero-order chi connectivity index (χ0) is 13.8. The molecule has 0 saturated carbocycles. The highest BCUT2D eigenvalue weighted by Gasteiger charge is 2.12. The molecule has 0 fully saturated rings. The van der Waals surface area contributed by atoms with Gasteiger partial charge >= 0.3 is 0 Å². The third-order valence-electron chi connectivity index (χ3n) is 3.26. The number of fused-ring (bicyclic) bond motifs is 1. The molecule has 3 rings (SSSR count). The van der Waals surface area contributed by atoms with Crippen LogP contribution in [0, 0.1) is 0 Å². The average molecular weight is 269 g/mol. The van der Waals surface area contributed by atoms with Gasteiger partial charge in [0, 0.05) is 18.7 Å². The minimum atomic E-state index is 0.291. The maximum absolute atomic E-state index is 10.9. The molecule has 0 bridgehead atoms. The summed E-state index contributed by atoms with van der Waals surface area (Å²) in [4.78, 5) is 10.9. The van der Waals surface area contributed by atoms with Crippen molar-refractivity contribution in [3.63, 3.8) is 0 Å². The van der Waals surface area contributed by atoms with E-state index in [0.29, 0.717) is 19.9 Å². The van der Waals surface area contributed by atoms with Crippen LogP contribution in [-0.4, -0.2) is 13.1 Å². The van der Waals surface area contributed by atoms with Crippen LogP contribution in [0.2, 0.25) is 0 Å². The number of ether oxygens (including phenoxy) is 2. The Morgan fingerprint density at radius 3 is 2.80 bits per heavy atom. The van der Waals surface area contributed by atoms with Crippen LogP contribution < -0.4 is 14.8 Å². The Labute approximate surface area is 117 Å². The highest BCUT2D eigenvalue weighted by Crippen LogP contribution is 2.32. The molecule has 4 heteroatoms. The number of nitrogens with one attached hydrogen (secondary N) is 1. The van der Waals surface area contributed by atoms with Gasteiger partial charge in [0.25, 0.3) is 0 Å². The van der Waals surface area contributed by atoms with Crippen molar-refractivity contribution >= 4 is 6.29 Å². The largest absolute Gasteiger partial charge is 0.454 e. The third-order valence-corrected chi connectivity index (χ3v) is 3.26. The van der Waals surface area contributed by atoms with Gasteiger partial charge in [-0.2, -0.15) is 0 Å². The number of hydrogen-bond acceptors (Lipinski definition) is 4. The van der Waals surface area contributed by atoms with E-state index < -0.39 is 0 Å². The summed E-state index contributed by atoms with van der Waals surface area (Å²) in [7, 11) is 0. The molecule has 102 valence electrons. The van der Waals surface area contributed by atoms with Gasteiger partial charge in [-0.25, -0.2) is 0 Å². The summed E-state index contributed by atoms with van der Waals surface area (Å²) in [5, 5.41) is 3.33. The Morgan fingerprint density at radius 1 is 1.05 bits per heavy atom. The molecule has 1 aliphatic rings. The minimum absolute atomic E-state index is 0.291. The summed E-state index contributed by atoms with van der Waals surface area (Å²) in [6.07, 6.45) is 0.886. The first kappa shape index (κ1) is 12.7. The molecular formula is C16H15NO3. The van der Waals surface area contributed by atoms with E-state index in [1.165, 1.54) is 0 Å². The molecule has 1 N–H and O–H groups in total. The van der Waals surface area contributed by atoms with Gasteiger partial charge in [-0.1, -0.05) is 30.3 Å². The Hall–Kier alpha value is -2.33. The van der Waals surface area contributed by atoms with Crippen molar-refractivity contribution in [2.24, 2.45) is 0 Å². The molecule has 20 heavy (non-hydrogen) atoms. The monoisotopic (exact) mass is 269 g/mol. The molecule has 1 heterocycles. The van der Waals surface area contributed by atoms with Gasteiger partial charge in [0.2, 0.25) is 6.79 Å². The summed E-state index contributed by atoms with van der Waals surface area (Å²) >= 11 is 0. The summed E-state index contributed by atoms with van der Waals surface area (Å²) in [6, 6.07) is 13.5. The number of aldehydes is 1. The smallest absolute Gasteiger partial charge is 0.231 e. The topological polar surface area (TPSA) is 47.6 Å². The highest BCUT2D eigenvalue weighted by molar-refractivity contribution is 5.77. The van der Waals surface area contributed by atoms with Crippen LogP contribution in [-0.2, 0) is 13.1 Å². The predicted octanol–water partition coefficient (Wildman–Crippen LogP) is 2.52. The quantitative estimate of drug-likeness (QED) is 0.847. The lowest BCUT2D eigenvalue weighted by atomic mass is 10.1. The van der Waals surface area contributed by atoms with Crippen LogP contribution >= 0.6 is 0 Å². The van der Waals surface area contributed by atoms with E-state index in [-0.39, 0.29) is 0 Å². The van der Waals surface area contributed by atoms with E-state index in [1.54, 1.807) is 0 Å². The van der Waals surface area contributed by atoms with Gasteiger partial charge in [-0.05, 0) is 23.3 Å². The predicted molar refractivity (Wildman–Crippen MR) is 74.9 cm³/mol. The first-order chi connectivity index (χ1) is 9.86. The van der Waals surface area contributed by atoms with E-state index in [4.69, 9.17) is 9.47 Å². The van der Waals surface area contributed by atoms with Crippen LogP contribution in [0.15, 0.2) is 42.5 Å². The third kappa shape index (κ3) is 2.65. The standard InChI is InChI=1S/C16H15NO3/c18-10-14-4-2-1-3-13(14)9-17-8-12-5-6-15-16(7-12)20-11-19-15/h1-7,10,17H,8-9,11H2. The second-order valence-corrected chi connectivity index (χ2v) is 4.61. The summed E-state index contributed by atoms with van der Waals surface area (Å²) in [5.41, 5.74) is 2.85. The molecule has 0 atom stereocenters. The van der Waals surface area contributed by atoms with Crippen LogP contribution in [0.3, 0.4) is 0 Å². The second kappa shape index (κ2) is 5.75. The van der Waals surface area contributed by atoms with Crippen molar-refractivity contribution in [3.8, 4) is 11.5 Å². The van der Waals surface area contributed by atoms with E-state index in [0.717, 1.165) is 34.5 Å². The molecule has 2 aromatic carbocycles. The molecule has 4 nitrogen and oxygen atoms in total. The summed E-state index contributed by atoms with van der Waals surface area (Å²) < 4.78 is 10.6. The van der Waals surface area contributed by atoms with Gasteiger partial charge in [-0.3, -0.25) is 4.79 Å². The summed E-state index contributed by atoms with van der Waals surface area (Å²) in [5.74, 6) is 1.58. The molecule has 1 aliphatic heterocycles. The van der Waals surface area contributed by atoms with E-state index in [2.05, 4.69) is 5.32 Å². The van der Waals surface area contributed by atoms with Crippen molar-refractivity contribution in [2.75, 3.05) is 6.79 Å². The first-order valence-electron chi connectivity index (χ1n) is 6.49. The van der Waals surface area contributed by atoms with Crippen LogP contribution in [0.4, 0.5) is 0 Å². The molecule has 0 radical (unpaired) electrons. The van der Waals surface area contributed by atoms with Gasteiger partial charge < -0.3 is 14.8 Å². The maximum Gasteiger partial charge on any atom is 0.231 e.